The monoisotopic (exact) mass is 198 g/mol. The smallest absolute Gasteiger partial charge is 0.0238 e. The summed E-state index contributed by atoms with van der Waals surface area (Å²) in [6, 6.07) is 0.448. The minimum absolute atomic E-state index is 0.276. The Balaban J connectivity index is 2.26. The van der Waals surface area contributed by atoms with E-state index in [4.69, 9.17) is 5.73 Å². The number of rotatable bonds is 5. The van der Waals surface area contributed by atoms with Gasteiger partial charge in [0.25, 0.3) is 0 Å². The van der Waals surface area contributed by atoms with Crippen LogP contribution in [0.5, 0.6) is 0 Å². The predicted molar refractivity (Wildman–Crippen MR) is 62.2 cm³/mol. The zero-order chi connectivity index (χ0) is 10.8. The van der Waals surface area contributed by atoms with Crippen LogP contribution >= 0.6 is 0 Å². The topological polar surface area (TPSA) is 38.0 Å². The number of nitrogens with one attached hydrogen (secondary N) is 1. The highest BCUT2D eigenvalue weighted by molar-refractivity contribution is 4.85. The zero-order valence-electron chi connectivity index (χ0n) is 10.1. The van der Waals surface area contributed by atoms with Crippen molar-refractivity contribution >= 4 is 0 Å². The first-order valence-corrected chi connectivity index (χ1v) is 5.88. The van der Waals surface area contributed by atoms with Gasteiger partial charge in [0.15, 0.2) is 0 Å². The Morgan fingerprint density at radius 3 is 2.29 bits per heavy atom. The molecule has 0 saturated heterocycles. The molecule has 2 unspecified atom stereocenters. The molecule has 0 aromatic carbocycles. The van der Waals surface area contributed by atoms with Crippen molar-refractivity contribution in [3.05, 3.63) is 0 Å². The fourth-order valence-electron chi connectivity index (χ4n) is 1.90. The molecule has 0 aromatic rings. The van der Waals surface area contributed by atoms with E-state index in [1.165, 1.54) is 12.8 Å². The summed E-state index contributed by atoms with van der Waals surface area (Å²) < 4.78 is 0. The number of hydrogen-bond acceptors (Lipinski definition) is 2. The summed E-state index contributed by atoms with van der Waals surface area (Å²) in [6.07, 6.45) is 2.87. The lowest BCUT2D eigenvalue weighted by Gasteiger charge is -2.31. The molecule has 0 radical (unpaired) electrons. The van der Waals surface area contributed by atoms with Gasteiger partial charge in [0, 0.05) is 12.6 Å². The van der Waals surface area contributed by atoms with Crippen molar-refractivity contribution < 1.29 is 0 Å². The van der Waals surface area contributed by atoms with Crippen molar-refractivity contribution in [2.24, 2.45) is 23.0 Å². The molecular formula is C12H26N2. The highest BCUT2D eigenvalue weighted by Crippen LogP contribution is 2.36. The summed E-state index contributed by atoms with van der Waals surface area (Å²) >= 11 is 0. The molecule has 3 N–H and O–H groups in total. The zero-order valence-corrected chi connectivity index (χ0v) is 10.1. The Labute approximate surface area is 88.6 Å². The Morgan fingerprint density at radius 1 is 1.36 bits per heavy atom. The minimum Gasteiger partial charge on any atom is -0.329 e. The molecule has 1 fully saturated rings. The lowest BCUT2D eigenvalue weighted by atomic mass is 9.86. The molecule has 0 aromatic heterocycles. The normalized spacial score (nSPS) is 22.1. The van der Waals surface area contributed by atoms with E-state index in [1.54, 1.807) is 0 Å². The van der Waals surface area contributed by atoms with Crippen LogP contribution in [0, 0.1) is 17.3 Å². The van der Waals surface area contributed by atoms with Crippen molar-refractivity contribution in [2.75, 3.05) is 13.1 Å². The van der Waals surface area contributed by atoms with Crippen LogP contribution in [-0.2, 0) is 0 Å². The fourth-order valence-corrected chi connectivity index (χ4v) is 1.90. The molecule has 0 amide bonds. The molecule has 0 heterocycles. The fraction of sp³-hybridized carbons (Fsp3) is 1.00. The van der Waals surface area contributed by atoms with Crippen LogP contribution in [0.2, 0.25) is 0 Å². The van der Waals surface area contributed by atoms with Crippen molar-refractivity contribution in [3.63, 3.8) is 0 Å². The van der Waals surface area contributed by atoms with Crippen LogP contribution in [-0.4, -0.2) is 19.1 Å². The summed E-state index contributed by atoms with van der Waals surface area (Å²) in [5.74, 6) is 1.81. The second kappa shape index (κ2) is 4.63. The second-order valence-electron chi connectivity index (χ2n) is 5.88. The van der Waals surface area contributed by atoms with Gasteiger partial charge in [-0.05, 0) is 36.6 Å². The maximum atomic E-state index is 5.77. The molecule has 1 saturated carbocycles. The molecule has 2 atom stereocenters. The van der Waals surface area contributed by atoms with Gasteiger partial charge in [-0.15, -0.1) is 0 Å². The van der Waals surface area contributed by atoms with E-state index in [9.17, 15) is 0 Å². The highest BCUT2D eigenvalue weighted by atomic mass is 15.0. The van der Waals surface area contributed by atoms with Gasteiger partial charge < -0.3 is 11.1 Å². The van der Waals surface area contributed by atoms with Crippen LogP contribution in [0.4, 0.5) is 0 Å². The van der Waals surface area contributed by atoms with E-state index in [0.29, 0.717) is 6.04 Å². The average molecular weight is 198 g/mol. The molecule has 1 aliphatic carbocycles. The predicted octanol–water partition coefficient (Wildman–Crippen LogP) is 2.00. The number of nitrogens with two attached hydrogens (primary N) is 1. The maximum Gasteiger partial charge on any atom is 0.0238 e. The van der Waals surface area contributed by atoms with E-state index in [1.807, 2.05) is 0 Å². The Kier molecular flexibility index (Phi) is 3.96. The van der Waals surface area contributed by atoms with E-state index >= 15 is 0 Å². The summed E-state index contributed by atoms with van der Waals surface area (Å²) in [5, 5.41) is 3.61. The third-order valence-electron chi connectivity index (χ3n) is 3.39. The van der Waals surface area contributed by atoms with Crippen LogP contribution in [0.1, 0.15) is 40.5 Å². The first kappa shape index (κ1) is 12.0. The van der Waals surface area contributed by atoms with Gasteiger partial charge in [-0.2, -0.15) is 0 Å². The summed E-state index contributed by atoms with van der Waals surface area (Å²) in [6.45, 7) is 11.0. The van der Waals surface area contributed by atoms with Crippen LogP contribution in [0.3, 0.4) is 0 Å². The lowest BCUT2D eigenvalue weighted by molar-refractivity contribution is 0.259. The number of hydrogen-bond donors (Lipinski definition) is 2. The van der Waals surface area contributed by atoms with Gasteiger partial charge in [-0.3, -0.25) is 0 Å². The van der Waals surface area contributed by atoms with Gasteiger partial charge >= 0.3 is 0 Å². The highest BCUT2D eigenvalue weighted by Gasteiger charge is 2.29. The lowest BCUT2D eigenvalue weighted by Crippen LogP contribution is -2.47. The Morgan fingerprint density at radius 2 is 1.93 bits per heavy atom. The van der Waals surface area contributed by atoms with E-state index in [-0.39, 0.29) is 5.41 Å². The summed E-state index contributed by atoms with van der Waals surface area (Å²) in [7, 11) is 0. The van der Waals surface area contributed by atoms with E-state index in [2.05, 4.69) is 33.0 Å². The standard InChI is InChI=1S/C12H26N2/c1-9(10-5-6-10)8-14-11(7-13)12(2,3)4/h9-11,14H,5-8,13H2,1-4H3. The molecule has 0 bridgehead atoms. The third kappa shape index (κ3) is 3.58. The van der Waals surface area contributed by atoms with Crippen molar-refractivity contribution in [3.8, 4) is 0 Å². The molecular weight excluding hydrogens is 172 g/mol. The van der Waals surface area contributed by atoms with Gasteiger partial charge in [-0.25, -0.2) is 0 Å². The van der Waals surface area contributed by atoms with Crippen LogP contribution in [0.15, 0.2) is 0 Å². The van der Waals surface area contributed by atoms with Gasteiger partial charge in [-0.1, -0.05) is 27.7 Å². The SMILES string of the molecule is CC(CNC(CN)C(C)(C)C)C1CC1. The van der Waals surface area contributed by atoms with Crippen molar-refractivity contribution in [1.29, 1.82) is 0 Å². The Hall–Kier alpha value is -0.0800. The molecule has 14 heavy (non-hydrogen) atoms. The molecule has 2 nitrogen and oxygen atoms in total. The van der Waals surface area contributed by atoms with Crippen molar-refractivity contribution in [2.45, 2.75) is 46.6 Å². The molecule has 84 valence electrons. The molecule has 0 aliphatic heterocycles. The van der Waals surface area contributed by atoms with Crippen molar-refractivity contribution in [1.82, 2.24) is 5.32 Å². The average Bonchev–Trinajstić information content (AvgIpc) is 2.84. The van der Waals surface area contributed by atoms with Gasteiger partial charge in [0.05, 0.1) is 0 Å². The second-order valence-corrected chi connectivity index (χ2v) is 5.88. The third-order valence-corrected chi connectivity index (χ3v) is 3.39. The molecule has 0 spiro atoms. The summed E-state index contributed by atoms with van der Waals surface area (Å²) in [4.78, 5) is 0. The largest absolute Gasteiger partial charge is 0.329 e. The minimum atomic E-state index is 0.276. The van der Waals surface area contributed by atoms with Crippen LogP contribution < -0.4 is 11.1 Å². The summed E-state index contributed by atoms with van der Waals surface area (Å²) in [5.41, 5.74) is 6.05. The van der Waals surface area contributed by atoms with Gasteiger partial charge in [0.1, 0.15) is 0 Å². The molecule has 2 heteroatoms. The quantitative estimate of drug-likeness (QED) is 0.709. The Bertz CT molecular complexity index is 168. The maximum absolute atomic E-state index is 5.77. The van der Waals surface area contributed by atoms with E-state index in [0.717, 1.165) is 24.9 Å². The first-order valence-electron chi connectivity index (χ1n) is 5.88. The first-order chi connectivity index (χ1) is 6.45. The van der Waals surface area contributed by atoms with Gasteiger partial charge in [0.2, 0.25) is 0 Å². The molecule has 1 aliphatic rings. The van der Waals surface area contributed by atoms with E-state index < -0.39 is 0 Å². The molecule has 1 rings (SSSR count). The van der Waals surface area contributed by atoms with Crippen LogP contribution in [0.25, 0.3) is 0 Å².